The van der Waals surface area contributed by atoms with Crippen LogP contribution in [0.3, 0.4) is 0 Å². The molecule has 1 fully saturated rings. The Morgan fingerprint density at radius 2 is 1.64 bits per heavy atom. The predicted octanol–water partition coefficient (Wildman–Crippen LogP) is 3.38. The third-order valence-electron chi connectivity index (χ3n) is 4.21. The van der Waals surface area contributed by atoms with Gasteiger partial charge in [0.1, 0.15) is 0 Å². The molecule has 2 atom stereocenters. The summed E-state index contributed by atoms with van der Waals surface area (Å²) in [6, 6.07) is 19.3. The lowest BCUT2D eigenvalue weighted by atomic mass is 10.1. The van der Waals surface area contributed by atoms with E-state index in [-0.39, 0.29) is 12.7 Å². The summed E-state index contributed by atoms with van der Waals surface area (Å²) in [7, 11) is 0. The summed E-state index contributed by atoms with van der Waals surface area (Å²) >= 11 is 0. The summed E-state index contributed by atoms with van der Waals surface area (Å²) < 4.78 is 17.0. The summed E-state index contributed by atoms with van der Waals surface area (Å²) in [4.78, 5) is 11.7. The third-order valence-corrected chi connectivity index (χ3v) is 4.21. The van der Waals surface area contributed by atoms with Gasteiger partial charge in [0.05, 0.1) is 25.9 Å². The molecule has 132 valence electrons. The van der Waals surface area contributed by atoms with E-state index in [1.807, 2.05) is 60.7 Å². The molecule has 0 radical (unpaired) electrons. The number of benzene rings is 2. The Kier molecular flexibility index (Phi) is 5.81. The molecule has 0 amide bonds. The first-order valence-electron chi connectivity index (χ1n) is 8.39. The molecule has 0 aromatic heterocycles. The molecule has 2 aromatic rings. The highest BCUT2D eigenvalue weighted by molar-refractivity contribution is 5.76. The normalized spacial score (nSPS) is 22.8. The van der Waals surface area contributed by atoms with Crippen molar-refractivity contribution in [1.82, 2.24) is 0 Å². The van der Waals surface area contributed by atoms with Crippen LogP contribution in [0.2, 0.25) is 0 Å². The van der Waals surface area contributed by atoms with E-state index in [0.29, 0.717) is 26.1 Å². The number of carbonyl (C=O) groups is 1. The Bertz CT molecular complexity index is 673. The molecule has 1 heterocycles. The van der Waals surface area contributed by atoms with E-state index in [1.165, 1.54) is 0 Å². The van der Waals surface area contributed by atoms with Gasteiger partial charge in [-0.15, -0.1) is 0 Å². The molecular formula is C20H22O5. The zero-order chi connectivity index (χ0) is 17.5. The number of rotatable bonds is 8. The summed E-state index contributed by atoms with van der Waals surface area (Å²) in [5, 5.41) is 9.57. The van der Waals surface area contributed by atoms with E-state index in [9.17, 15) is 9.90 Å². The van der Waals surface area contributed by atoms with Crippen molar-refractivity contribution in [3.63, 3.8) is 0 Å². The fraction of sp³-hybridized carbons (Fsp3) is 0.350. The van der Waals surface area contributed by atoms with Gasteiger partial charge in [0.15, 0.2) is 0 Å². The van der Waals surface area contributed by atoms with Gasteiger partial charge in [-0.3, -0.25) is 0 Å². The molecule has 0 spiro atoms. The molecule has 1 aliphatic rings. The highest BCUT2D eigenvalue weighted by atomic mass is 16.7. The maximum absolute atomic E-state index is 11.7. The highest BCUT2D eigenvalue weighted by Gasteiger charge is 2.48. The number of hydrogen-bond acceptors (Lipinski definition) is 4. The van der Waals surface area contributed by atoms with Crippen molar-refractivity contribution >= 4 is 5.97 Å². The molecule has 5 nitrogen and oxygen atoms in total. The van der Waals surface area contributed by atoms with Gasteiger partial charge in [-0.05, 0) is 17.5 Å². The lowest BCUT2D eigenvalue weighted by molar-refractivity contribution is -0.245. The highest BCUT2D eigenvalue weighted by Crippen LogP contribution is 2.33. The van der Waals surface area contributed by atoms with Crippen LogP contribution in [0.5, 0.6) is 0 Å². The molecule has 0 saturated carbocycles. The van der Waals surface area contributed by atoms with E-state index in [2.05, 4.69) is 0 Å². The topological polar surface area (TPSA) is 65.0 Å². The Hall–Kier alpha value is -2.21. The van der Waals surface area contributed by atoms with Gasteiger partial charge >= 0.3 is 5.97 Å². The molecule has 0 bridgehead atoms. The van der Waals surface area contributed by atoms with Crippen LogP contribution in [0.1, 0.15) is 24.0 Å². The number of carboxylic acids is 1. The van der Waals surface area contributed by atoms with E-state index in [4.69, 9.17) is 14.2 Å². The molecule has 1 aliphatic heterocycles. The number of aliphatic carboxylic acids is 1. The molecule has 1 N–H and O–H groups in total. The first kappa shape index (κ1) is 17.6. The van der Waals surface area contributed by atoms with Crippen LogP contribution < -0.4 is 0 Å². The first-order chi connectivity index (χ1) is 12.2. The van der Waals surface area contributed by atoms with Crippen molar-refractivity contribution in [3.05, 3.63) is 71.8 Å². The molecule has 2 unspecified atom stereocenters. The van der Waals surface area contributed by atoms with Crippen molar-refractivity contribution in [2.75, 3.05) is 6.61 Å². The van der Waals surface area contributed by atoms with Gasteiger partial charge < -0.3 is 19.3 Å². The molecule has 3 rings (SSSR count). The molecule has 25 heavy (non-hydrogen) atoms. The van der Waals surface area contributed by atoms with Crippen molar-refractivity contribution in [3.8, 4) is 0 Å². The standard InChI is InChI=1S/C20H22O5/c21-19(22)20(24-14-17-9-5-2-6-10-17)12-11-18(25-20)15-23-13-16-7-3-1-4-8-16/h1-10,18H,11-15H2,(H,21,22). The average molecular weight is 342 g/mol. The second-order valence-corrected chi connectivity index (χ2v) is 6.11. The summed E-state index contributed by atoms with van der Waals surface area (Å²) in [5.41, 5.74) is 1.99. The minimum absolute atomic E-state index is 0.199. The van der Waals surface area contributed by atoms with Crippen molar-refractivity contribution in [2.45, 2.75) is 37.9 Å². The Balaban J connectivity index is 1.51. The summed E-state index contributed by atoms with van der Waals surface area (Å²) in [6.07, 6.45) is 0.625. The molecule has 0 aliphatic carbocycles. The van der Waals surface area contributed by atoms with Crippen molar-refractivity contribution < 1.29 is 24.1 Å². The van der Waals surface area contributed by atoms with E-state index < -0.39 is 11.8 Å². The Morgan fingerprint density at radius 3 is 2.24 bits per heavy atom. The molecule has 1 saturated heterocycles. The van der Waals surface area contributed by atoms with Gasteiger partial charge in [0.25, 0.3) is 5.79 Å². The van der Waals surface area contributed by atoms with Crippen LogP contribution in [0.15, 0.2) is 60.7 Å². The maximum Gasteiger partial charge on any atom is 0.364 e. The molecule has 2 aromatic carbocycles. The van der Waals surface area contributed by atoms with Crippen LogP contribution in [-0.4, -0.2) is 29.6 Å². The predicted molar refractivity (Wildman–Crippen MR) is 91.8 cm³/mol. The Morgan fingerprint density at radius 1 is 1.04 bits per heavy atom. The second kappa shape index (κ2) is 8.25. The smallest absolute Gasteiger partial charge is 0.364 e. The van der Waals surface area contributed by atoms with Crippen LogP contribution >= 0.6 is 0 Å². The van der Waals surface area contributed by atoms with Crippen LogP contribution in [0, 0.1) is 0 Å². The van der Waals surface area contributed by atoms with Gasteiger partial charge in [0.2, 0.25) is 0 Å². The van der Waals surface area contributed by atoms with Crippen LogP contribution in [-0.2, 0) is 32.2 Å². The van der Waals surface area contributed by atoms with E-state index in [0.717, 1.165) is 11.1 Å². The van der Waals surface area contributed by atoms with Crippen LogP contribution in [0.25, 0.3) is 0 Å². The van der Waals surface area contributed by atoms with Gasteiger partial charge in [-0.2, -0.15) is 0 Å². The zero-order valence-corrected chi connectivity index (χ0v) is 14.0. The fourth-order valence-electron chi connectivity index (χ4n) is 2.84. The van der Waals surface area contributed by atoms with Crippen molar-refractivity contribution in [1.29, 1.82) is 0 Å². The lowest BCUT2D eigenvalue weighted by Gasteiger charge is -2.25. The Labute approximate surface area is 147 Å². The molecule has 5 heteroatoms. The third kappa shape index (κ3) is 4.66. The lowest BCUT2D eigenvalue weighted by Crippen LogP contribution is -2.42. The van der Waals surface area contributed by atoms with Gasteiger partial charge in [-0.1, -0.05) is 60.7 Å². The van der Waals surface area contributed by atoms with E-state index in [1.54, 1.807) is 0 Å². The average Bonchev–Trinajstić information content (AvgIpc) is 3.07. The fourth-order valence-corrected chi connectivity index (χ4v) is 2.84. The molecular weight excluding hydrogens is 320 g/mol. The van der Waals surface area contributed by atoms with Crippen molar-refractivity contribution in [2.24, 2.45) is 0 Å². The SMILES string of the molecule is O=C(O)C1(OCc2ccccc2)CCC(COCc2ccccc2)O1. The maximum atomic E-state index is 11.7. The minimum Gasteiger partial charge on any atom is -0.477 e. The number of carboxylic acid groups (broad SMARTS) is 1. The number of hydrogen-bond donors (Lipinski definition) is 1. The largest absolute Gasteiger partial charge is 0.477 e. The van der Waals surface area contributed by atoms with Crippen LogP contribution in [0.4, 0.5) is 0 Å². The first-order valence-corrected chi connectivity index (χ1v) is 8.39. The minimum atomic E-state index is -1.59. The monoisotopic (exact) mass is 342 g/mol. The summed E-state index contributed by atoms with van der Waals surface area (Å²) in [5.74, 6) is -2.68. The number of ether oxygens (including phenoxy) is 3. The quantitative estimate of drug-likeness (QED) is 0.797. The van der Waals surface area contributed by atoms with E-state index >= 15 is 0 Å². The second-order valence-electron chi connectivity index (χ2n) is 6.11. The van der Waals surface area contributed by atoms with Gasteiger partial charge in [0, 0.05) is 6.42 Å². The zero-order valence-electron chi connectivity index (χ0n) is 14.0. The summed E-state index contributed by atoms with van der Waals surface area (Å²) in [6.45, 7) is 1.02. The van der Waals surface area contributed by atoms with Gasteiger partial charge in [-0.25, -0.2) is 4.79 Å².